The molecule has 0 unspecified atom stereocenters. The van der Waals surface area contributed by atoms with Gasteiger partial charge in [-0.1, -0.05) is 40.2 Å². The SMILES string of the molecule is Cl.Cn1c(-c2ccc(Br)cc2)nc2ccccc21. The van der Waals surface area contributed by atoms with Gasteiger partial charge in [-0.2, -0.15) is 0 Å². The van der Waals surface area contributed by atoms with Crippen molar-refractivity contribution in [3.05, 3.63) is 53.0 Å². The van der Waals surface area contributed by atoms with Crippen molar-refractivity contribution in [2.24, 2.45) is 7.05 Å². The van der Waals surface area contributed by atoms with Crippen molar-refractivity contribution < 1.29 is 0 Å². The first-order valence-electron chi connectivity index (χ1n) is 5.43. The van der Waals surface area contributed by atoms with Gasteiger partial charge in [0.05, 0.1) is 11.0 Å². The predicted octanol–water partition coefficient (Wildman–Crippen LogP) is 4.42. The summed E-state index contributed by atoms with van der Waals surface area (Å²) in [5.41, 5.74) is 3.32. The summed E-state index contributed by atoms with van der Waals surface area (Å²) in [5, 5.41) is 0. The summed E-state index contributed by atoms with van der Waals surface area (Å²) in [7, 11) is 2.05. The Morgan fingerprint density at radius 1 is 1.00 bits per heavy atom. The van der Waals surface area contributed by atoms with Crippen molar-refractivity contribution in [2.75, 3.05) is 0 Å². The first-order chi connectivity index (χ1) is 8.25. The van der Waals surface area contributed by atoms with E-state index in [9.17, 15) is 0 Å². The average Bonchev–Trinajstić information content (AvgIpc) is 2.69. The molecule has 0 atom stereocenters. The Kier molecular flexibility index (Phi) is 3.73. The maximum atomic E-state index is 4.66. The average molecular weight is 324 g/mol. The lowest BCUT2D eigenvalue weighted by Crippen LogP contribution is -1.91. The lowest BCUT2D eigenvalue weighted by atomic mass is 10.2. The summed E-state index contributed by atoms with van der Waals surface area (Å²) in [4.78, 5) is 4.66. The zero-order valence-corrected chi connectivity index (χ0v) is 12.2. The molecule has 1 aromatic heterocycles. The molecule has 2 nitrogen and oxygen atoms in total. The number of nitrogens with zero attached hydrogens (tertiary/aromatic N) is 2. The summed E-state index contributed by atoms with van der Waals surface area (Å²) in [6.07, 6.45) is 0. The molecule has 4 heteroatoms. The first kappa shape index (κ1) is 13.1. The molecule has 0 N–H and O–H groups in total. The predicted molar refractivity (Wildman–Crippen MR) is 81.1 cm³/mol. The fourth-order valence-corrected chi connectivity index (χ4v) is 2.27. The smallest absolute Gasteiger partial charge is 0.140 e. The lowest BCUT2D eigenvalue weighted by molar-refractivity contribution is 0.959. The van der Waals surface area contributed by atoms with Crippen molar-refractivity contribution in [1.29, 1.82) is 0 Å². The van der Waals surface area contributed by atoms with Crippen molar-refractivity contribution in [3.8, 4) is 11.4 Å². The van der Waals surface area contributed by atoms with E-state index in [4.69, 9.17) is 0 Å². The lowest BCUT2D eigenvalue weighted by Gasteiger charge is -2.02. The molecule has 0 spiro atoms. The Balaban J connectivity index is 0.00000120. The molecule has 3 aromatic rings. The minimum atomic E-state index is 0. The van der Waals surface area contributed by atoms with Crippen molar-refractivity contribution in [2.45, 2.75) is 0 Å². The Morgan fingerprint density at radius 3 is 2.33 bits per heavy atom. The van der Waals surface area contributed by atoms with Gasteiger partial charge in [0.15, 0.2) is 0 Å². The normalized spacial score (nSPS) is 10.3. The molecule has 0 aliphatic heterocycles. The van der Waals surface area contributed by atoms with E-state index in [0.29, 0.717) is 0 Å². The molecule has 3 rings (SSSR count). The summed E-state index contributed by atoms with van der Waals surface area (Å²) in [6, 6.07) is 16.4. The second-order valence-electron chi connectivity index (χ2n) is 3.99. The maximum Gasteiger partial charge on any atom is 0.140 e. The van der Waals surface area contributed by atoms with Crippen molar-refractivity contribution in [3.63, 3.8) is 0 Å². The summed E-state index contributed by atoms with van der Waals surface area (Å²) in [5.74, 6) is 0.999. The second kappa shape index (κ2) is 5.12. The van der Waals surface area contributed by atoms with Gasteiger partial charge in [0.25, 0.3) is 0 Å². The van der Waals surface area contributed by atoms with Crippen molar-refractivity contribution >= 4 is 39.4 Å². The third kappa shape index (κ3) is 2.16. The van der Waals surface area contributed by atoms with Gasteiger partial charge in [-0.05, 0) is 24.3 Å². The first-order valence-corrected chi connectivity index (χ1v) is 6.22. The summed E-state index contributed by atoms with van der Waals surface area (Å²) >= 11 is 3.44. The van der Waals surface area contributed by atoms with Gasteiger partial charge in [-0.25, -0.2) is 4.98 Å². The Bertz CT molecular complexity index is 674. The van der Waals surface area contributed by atoms with Gasteiger partial charge in [0, 0.05) is 17.1 Å². The molecule has 0 bridgehead atoms. The van der Waals surface area contributed by atoms with E-state index >= 15 is 0 Å². The topological polar surface area (TPSA) is 17.8 Å². The molecule has 0 amide bonds. The highest BCUT2D eigenvalue weighted by Crippen LogP contribution is 2.24. The highest BCUT2D eigenvalue weighted by molar-refractivity contribution is 9.10. The van der Waals surface area contributed by atoms with Crippen LogP contribution < -0.4 is 0 Å². The minimum Gasteiger partial charge on any atom is -0.327 e. The van der Waals surface area contributed by atoms with Gasteiger partial charge in [-0.15, -0.1) is 12.4 Å². The molecule has 0 aliphatic rings. The van der Waals surface area contributed by atoms with E-state index in [-0.39, 0.29) is 12.4 Å². The monoisotopic (exact) mass is 322 g/mol. The Hall–Kier alpha value is -1.32. The molecule has 92 valence electrons. The van der Waals surface area contributed by atoms with Crippen LogP contribution in [0.4, 0.5) is 0 Å². The molecule has 0 saturated carbocycles. The highest BCUT2D eigenvalue weighted by Gasteiger charge is 2.08. The van der Waals surface area contributed by atoms with Crippen LogP contribution in [0.2, 0.25) is 0 Å². The summed E-state index contributed by atoms with van der Waals surface area (Å²) in [6.45, 7) is 0. The number of imidazole rings is 1. The number of fused-ring (bicyclic) bond motifs is 1. The third-order valence-corrected chi connectivity index (χ3v) is 3.42. The van der Waals surface area contributed by atoms with Crippen LogP contribution in [0.25, 0.3) is 22.4 Å². The van der Waals surface area contributed by atoms with E-state index in [1.165, 1.54) is 0 Å². The van der Waals surface area contributed by atoms with Crippen molar-refractivity contribution in [1.82, 2.24) is 9.55 Å². The molecule has 1 heterocycles. The molecule has 18 heavy (non-hydrogen) atoms. The molecule has 0 aliphatic carbocycles. The van der Waals surface area contributed by atoms with E-state index < -0.39 is 0 Å². The molecular formula is C14H12BrClN2. The highest BCUT2D eigenvalue weighted by atomic mass is 79.9. The van der Waals surface area contributed by atoms with Gasteiger partial charge >= 0.3 is 0 Å². The van der Waals surface area contributed by atoms with Gasteiger partial charge in [0.1, 0.15) is 5.82 Å². The number of aromatic nitrogens is 2. The molecule has 2 aromatic carbocycles. The number of para-hydroxylation sites is 2. The van der Waals surface area contributed by atoms with Gasteiger partial charge in [-0.3, -0.25) is 0 Å². The van der Waals surface area contributed by atoms with Crippen LogP contribution in [0.1, 0.15) is 0 Å². The van der Waals surface area contributed by atoms with Crippen LogP contribution in [-0.4, -0.2) is 9.55 Å². The molecule has 0 saturated heterocycles. The zero-order chi connectivity index (χ0) is 11.8. The van der Waals surface area contributed by atoms with Crippen LogP contribution in [0.5, 0.6) is 0 Å². The zero-order valence-electron chi connectivity index (χ0n) is 9.80. The van der Waals surface area contributed by atoms with Gasteiger partial charge in [0.2, 0.25) is 0 Å². The number of hydrogen-bond donors (Lipinski definition) is 0. The fourth-order valence-electron chi connectivity index (χ4n) is 2.00. The number of aryl methyl sites for hydroxylation is 1. The van der Waals surface area contributed by atoms with Gasteiger partial charge < -0.3 is 4.57 Å². The molecule has 0 fully saturated rings. The Labute approximate surface area is 120 Å². The van der Waals surface area contributed by atoms with Crippen LogP contribution in [0.15, 0.2) is 53.0 Å². The maximum absolute atomic E-state index is 4.66. The number of halogens is 2. The van der Waals surface area contributed by atoms with E-state index in [0.717, 1.165) is 26.9 Å². The number of rotatable bonds is 1. The van der Waals surface area contributed by atoms with Crippen LogP contribution in [0, 0.1) is 0 Å². The second-order valence-corrected chi connectivity index (χ2v) is 4.91. The molecular weight excluding hydrogens is 312 g/mol. The third-order valence-electron chi connectivity index (χ3n) is 2.89. The summed E-state index contributed by atoms with van der Waals surface area (Å²) < 4.78 is 3.21. The minimum absolute atomic E-state index is 0. The largest absolute Gasteiger partial charge is 0.327 e. The van der Waals surface area contributed by atoms with Crippen LogP contribution in [-0.2, 0) is 7.05 Å². The number of hydrogen-bond acceptors (Lipinski definition) is 1. The van der Waals surface area contributed by atoms with E-state index in [2.05, 4.69) is 43.7 Å². The Morgan fingerprint density at radius 2 is 1.67 bits per heavy atom. The number of benzene rings is 2. The fraction of sp³-hybridized carbons (Fsp3) is 0.0714. The van der Waals surface area contributed by atoms with Crippen LogP contribution in [0.3, 0.4) is 0 Å². The van der Waals surface area contributed by atoms with E-state index in [1.54, 1.807) is 0 Å². The van der Waals surface area contributed by atoms with E-state index in [1.807, 2.05) is 37.4 Å². The quantitative estimate of drug-likeness (QED) is 0.648. The molecule has 0 radical (unpaired) electrons. The standard InChI is InChI=1S/C14H11BrN2.ClH/c1-17-13-5-3-2-4-12(13)16-14(17)10-6-8-11(15)9-7-10;/h2-9H,1H3;1H. The van der Waals surface area contributed by atoms with Crippen LogP contribution >= 0.6 is 28.3 Å².